The zero-order valence-electron chi connectivity index (χ0n) is 25.0. The van der Waals surface area contributed by atoms with Crippen LogP contribution in [0.4, 0.5) is 4.79 Å². The Hall–Kier alpha value is -3.52. The van der Waals surface area contributed by atoms with Gasteiger partial charge in [0.1, 0.15) is 35.8 Å². The molecule has 1 unspecified atom stereocenters. The molecule has 0 spiro atoms. The highest BCUT2D eigenvalue weighted by molar-refractivity contribution is 6.76. The summed E-state index contributed by atoms with van der Waals surface area (Å²) in [6.45, 7) is 15.2. The molecular weight excluding hydrogens is 534 g/mol. The maximum Gasteiger partial charge on any atom is 0.419 e. The van der Waals surface area contributed by atoms with E-state index in [-0.39, 0.29) is 6.73 Å². The van der Waals surface area contributed by atoms with Crippen molar-refractivity contribution in [1.82, 2.24) is 19.1 Å². The van der Waals surface area contributed by atoms with Gasteiger partial charge in [0, 0.05) is 38.0 Å². The summed E-state index contributed by atoms with van der Waals surface area (Å²) >= 11 is 0. The molecule has 1 aliphatic carbocycles. The van der Waals surface area contributed by atoms with Crippen LogP contribution < -0.4 is 0 Å². The molecule has 0 amide bonds. The number of fused-ring (bicyclic) bond motifs is 2. The maximum atomic E-state index is 13.1. The van der Waals surface area contributed by atoms with Crippen LogP contribution in [-0.4, -0.2) is 50.6 Å². The molecule has 5 rings (SSSR count). The highest BCUT2D eigenvalue weighted by Gasteiger charge is 2.34. The number of hydrogen-bond acceptors (Lipinski definition) is 7. The molecule has 4 aromatic rings. The molecule has 3 aromatic heterocycles. The molecule has 1 saturated carbocycles. The number of benzene rings is 1. The van der Waals surface area contributed by atoms with Crippen molar-refractivity contribution in [3.05, 3.63) is 58.7 Å². The third-order valence-electron chi connectivity index (χ3n) is 7.32. The number of carbonyl (C=O) groups is 1. The summed E-state index contributed by atoms with van der Waals surface area (Å²) in [5.74, 6) is 0.731. The molecule has 9 nitrogen and oxygen atoms in total. The van der Waals surface area contributed by atoms with Crippen LogP contribution in [0.3, 0.4) is 0 Å². The van der Waals surface area contributed by atoms with Crippen LogP contribution in [-0.2, 0) is 16.2 Å². The minimum absolute atomic E-state index is 0.180. The van der Waals surface area contributed by atoms with E-state index in [2.05, 4.69) is 36.8 Å². The number of aryl methyl sites for hydroxylation is 1. The average Bonchev–Trinajstić information content (AvgIpc) is 3.52. The van der Waals surface area contributed by atoms with Crippen LogP contribution >= 0.6 is 0 Å². The first-order chi connectivity index (χ1) is 19.3. The van der Waals surface area contributed by atoms with Crippen molar-refractivity contribution >= 4 is 36.2 Å². The number of ether oxygens (including phenoxy) is 2. The van der Waals surface area contributed by atoms with Gasteiger partial charge < -0.3 is 14.6 Å². The Labute approximate surface area is 241 Å². The van der Waals surface area contributed by atoms with E-state index in [1.807, 2.05) is 33.8 Å². The highest BCUT2D eigenvalue weighted by atomic mass is 28.3. The number of aliphatic hydroxyl groups is 1. The predicted molar refractivity (Wildman–Crippen MR) is 161 cm³/mol. The van der Waals surface area contributed by atoms with Gasteiger partial charge in [-0.05, 0) is 75.8 Å². The van der Waals surface area contributed by atoms with Crippen LogP contribution in [0, 0.1) is 18.3 Å². The number of hydrogen-bond donors (Lipinski definition) is 1. The number of pyridine rings is 1. The Morgan fingerprint density at radius 2 is 2.00 bits per heavy atom. The second-order valence-corrected chi connectivity index (χ2v) is 18.8. The van der Waals surface area contributed by atoms with Crippen LogP contribution in [0.15, 0.2) is 30.6 Å². The number of rotatable bonds is 8. The molecule has 10 heteroatoms. The third-order valence-corrected chi connectivity index (χ3v) is 9.02. The fourth-order valence-electron chi connectivity index (χ4n) is 5.18. The van der Waals surface area contributed by atoms with Gasteiger partial charge in [-0.1, -0.05) is 25.7 Å². The second-order valence-electron chi connectivity index (χ2n) is 13.2. The predicted octanol–water partition coefficient (Wildman–Crippen LogP) is 6.62. The summed E-state index contributed by atoms with van der Waals surface area (Å²) in [6.07, 6.45) is 3.73. The number of imidazole rings is 1. The maximum absolute atomic E-state index is 13.1. The van der Waals surface area contributed by atoms with E-state index in [4.69, 9.17) is 14.5 Å². The Kier molecular flexibility index (Phi) is 7.57. The lowest BCUT2D eigenvalue weighted by atomic mass is 9.92. The zero-order valence-corrected chi connectivity index (χ0v) is 26.0. The molecule has 0 radical (unpaired) electrons. The lowest BCUT2D eigenvalue weighted by molar-refractivity contribution is 0.0544. The fourth-order valence-corrected chi connectivity index (χ4v) is 5.93. The lowest BCUT2D eigenvalue weighted by Crippen LogP contribution is -2.27. The van der Waals surface area contributed by atoms with E-state index in [0.717, 1.165) is 41.0 Å². The second kappa shape index (κ2) is 10.7. The first-order valence-corrected chi connectivity index (χ1v) is 17.9. The summed E-state index contributed by atoms with van der Waals surface area (Å²) in [5.41, 5.74) is 4.27. The molecule has 3 heterocycles. The fraction of sp³-hybridized carbons (Fsp3) is 0.484. The Balaban J connectivity index is 1.63. The van der Waals surface area contributed by atoms with Gasteiger partial charge in [0.15, 0.2) is 5.65 Å². The molecule has 0 aliphatic heterocycles. The zero-order chi connectivity index (χ0) is 29.7. The van der Waals surface area contributed by atoms with Crippen molar-refractivity contribution in [2.24, 2.45) is 0 Å². The molecule has 216 valence electrons. The largest absolute Gasteiger partial charge is 0.443 e. The van der Waals surface area contributed by atoms with Crippen molar-refractivity contribution in [3.63, 3.8) is 0 Å². The average molecular weight is 574 g/mol. The monoisotopic (exact) mass is 573 g/mol. The van der Waals surface area contributed by atoms with Gasteiger partial charge in [0.05, 0.1) is 11.1 Å². The molecular formula is C31H39N5O4Si. The molecule has 1 atom stereocenters. The number of carbonyl (C=O) groups excluding carboxylic acids is 1. The van der Waals surface area contributed by atoms with Crippen molar-refractivity contribution < 1.29 is 19.4 Å². The molecule has 1 aliphatic rings. The van der Waals surface area contributed by atoms with Crippen molar-refractivity contribution in [3.8, 4) is 6.07 Å². The van der Waals surface area contributed by atoms with Gasteiger partial charge in [-0.15, -0.1) is 0 Å². The molecule has 1 fully saturated rings. The number of nitriles is 1. The Bertz CT molecular complexity index is 1660. The minimum atomic E-state index is -1.30. The summed E-state index contributed by atoms with van der Waals surface area (Å²) in [7, 11) is -1.30. The topological polar surface area (TPSA) is 115 Å². The summed E-state index contributed by atoms with van der Waals surface area (Å²) in [5, 5.41) is 22.3. The molecule has 1 N–H and O–H groups in total. The van der Waals surface area contributed by atoms with Gasteiger partial charge in [0.2, 0.25) is 0 Å². The van der Waals surface area contributed by atoms with Gasteiger partial charge in [-0.25, -0.2) is 14.8 Å². The standard InChI is InChI=1S/C31H39N5O4Si/c1-19-14-23(21-8-9-21)25(22-10-11-35(26(19)22)30(38)40-31(2,3)4)27(37)29-34-24-15-20(16-32)17-33-28(24)36(29)18-39-12-13-41(5,6)7/h10-11,14-15,17,21,27,37H,8-9,12-13,18H2,1-7H3. The summed E-state index contributed by atoms with van der Waals surface area (Å²) in [6, 6.07) is 8.77. The van der Waals surface area contributed by atoms with Gasteiger partial charge in [-0.3, -0.25) is 9.13 Å². The van der Waals surface area contributed by atoms with Crippen LogP contribution in [0.5, 0.6) is 0 Å². The van der Waals surface area contributed by atoms with Crippen LogP contribution in [0.2, 0.25) is 25.7 Å². The van der Waals surface area contributed by atoms with Crippen molar-refractivity contribution in [1.29, 1.82) is 5.26 Å². The first kappa shape index (κ1) is 29.0. The Morgan fingerprint density at radius 3 is 2.63 bits per heavy atom. The quantitative estimate of drug-likeness (QED) is 0.186. The molecule has 1 aromatic carbocycles. The van der Waals surface area contributed by atoms with E-state index in [0.29, 0.717) is 40.6 Å². The smallest absolute Gasteiger partial charge is 0.419 e. The van der Waals surface area contributed by atoms with E-state index in [9.17, 15) is 15.2 Å². The van der Waals surface area contributed by atoms with E-state index in [1.165, 1.54) is 10.8 Å². The number of aromatic nitrogens is 4. The van der Waals surface area contributed by atoms with Gasteiger partial charge in [-0.2, -0.15) is 5.26 Å². The molecule has 0 bridgehead atoms. The molecule has 41 heavy (non-hydrogen) atoms. The van der Waals surface area contributed by atoms with Crippen molar-refractivity contribution in [2.75, 3.05) is 6.61 Å². The van der Waals surface area contributed by atoms with E-state index < -0.39 is 25.9 Å². The third kappa shape index (κ3) is 6.08. The van der Waals surface area contributed by atoms with Gasteiger partial charge >= 0.3 is 6.09 Å². The number of aliphatic hydroxyl groups excluding tert-OH is 1. The van der Waals surface area contributed by atoms with Gasteiger partial charge in [0.25, 0.3) is 0 Å². The Morgan fingerprint density at radius 1 is 1.27 bits per heavy atom. The SMILES string of the molecule is Cc1cc(C2CC2)c(C(O)c2nc3cc(C#N)cnc3n2COCC[Si](C)(C)C)c2ccn(C(=O)OC(C)(C)C)c12. The lowest BCUT2D eigenvalue weighted by Gasteiger charge is -2.22. The summed E-state index contributed by atoms with van der Waals surface area (Å²) in [4.78, 5) is 22.4. The van der Waals surface area contributed by atoms with E-state index in [1.54, 1.807) is 16.8 Å². The van der Waals surface area contributed by atoms with E-state index >= 15 is 0 Å². The first-order valence-electron chi connectivity index (χ1n) is 14.2. The number of nitrogens with zero attached hydrogens (tertiary/aromatic N) is 5. The van der Waals surface area contributed by atoms with Crippen molar-refractivity contribution in [2.45, 2.75) is 90.6 Å². The summed E-state index contributed by atoms with van der Waals surface area (Å²) < 4.78 is 15.1. The normalized spacial score (nSPS) is 14.9. The molecule has 0 saturated heterocycles. The van der Waals surface area contributed by atoms with Crippen LogP contribution in [0.1, 0.15) is 73.7 Å². The highest BCUT2D eigenvalue weighted by Crippen LogP contribution is 2.47. The minimum Gasteiger partial charge on any atom is -0.443 e. The van der Waals surface area contributed by atoms with Crippen LogP contribution in [0.25, 0.3) is 22.1 Å².